The van der Waals surface area contributed by atoms with Crippen LogP contribution in [-0.4, -0.2) is 13.4 Å². The van der Waals surface area contributed by atoms with Crippen LogP contribution in [0.25, 0.3) is 11.1 Å². The van der Waals surface area contributed by atoms with Gasteiger partial charge in [-0.1, -0.05) is 19.1 Å². The normalized spacial score (nSPS) is 11.7. The maximum Gasteiger partial charge on any atom is 0.417 e. The molecule has 1 heterocycles. The fraction of sp³-hybridized carbons (Fsp3) is 0.133. The number of oxazole rings is 1. The maximum atomic E-state index is 12.4. The standard InChI is InChI=1S/C15H14N2O4S/c1-2-10-4-3-5-11(8-10)17-22(19,20)12-6-7-13-14(9-12)21-15(18)16-13/h3-9,17H,2H2,1H3,(H,16,18). The summed E-state index contributed by atoms with van der Waals surface area (Å²) >= 11 is 0. The lowest BCUT2D eigenvalue weighted by molar-refractivity contribution is 0.554. The van der Waals surface area contributed by atoms with Crippen LogP contribution in [0.1, 0.15) is 12.5 Å². The van der Waals surface area contributed by atoms with Crippen molar-refractivity contribution in [3.05, 3.63) is 58.6 Å². The third kappa shape index (κ3) is 2.75. The number of anilines is 1. The van der Waals surface area contributed by atoms with Gasteiger partial charge in [-0.25, -0.2) is 13.2 Å². The van der Waals surface area contributed by atoms with Gasteiger partial charge in [0.05, 0.1) is 10.4 Å². The number of hydrogen-bond donors (Lipinski definition) is 2. The summed E-state index contributed by atoms with van der Waals surface area (Å²) in [4.78, 5) is 13.6. The van der Waals surface area contributed by atoms with Crippen molar-refractivity contribution in [1.82, 2.24) is 4.98 Å². The monoisotopic (exact) mass is 318 g/mol. The van der Waals surface area contributed by atoms with E-state index in [1.165, 1.54) is 18.2 Å². The Hall–Kier alpha value is -2.54. The summed E-state index contributed by atoms with van der Waals surface area (Å²) in [6, 6.07) is 11.4. The average molecular weight is 318 g/mol. The average Bonchev–Trinajstić information content (AvgIpc) is 2.86. The van der Waals surface area contributed by atoms with Crippen LogP contribution in [0.5, 0.6) is 0 Å². The molecule has 6 nitrogen and oxygen atoms in total. The Morgan fingerprint density at radius 3 is 2.77 bits per heavy atom. The van der Waals surface area contributed by atoms with Gasteiger partial charge in [-0.05, 0) is 36.2 Å². The molecule has 3 aromatic rings. The Labute approximate surface area is 126 Å². The highest BCUT2D eigenvalue weighted by molar-refractivity contribution is 7.92. The van der Waals surface area contributed by atoms with Crippen LogP contribution >= 0.6 is 0 Å². The lowest BCUT2D eigenvalue weighted by Crippen LogP contribution is -2.12. The van der Waals surface area contributed by atoms with E-state index in [1.807, 2.05) is 13.0 Å². The third-order valence-electron chi connectivity index (χ3n) is 3.29. The molecule has 0 radical (unpaired) electrons. The summed E-state index contributed by atoms with van der Waals surface area (Å²) in [5.41, 5.74) is 2.19. The van der Waals surface area contributed by atoms with Crippen LogP contribution in [-0.2, 0) is 16.4 Å². The van der Waals surface area contributed by atoms with Crippen molar-refractivity contribution in [1.29, 1.82) is 0 Å². The van der Waals surface area contributed by atoms with E-state index < -0.39 is 15.8 Å². The largest absolute Gasteiger partial charge is 0.417 e. The maximum absolute atomic E-state index is 12.4. The molecular formula is C15H14N2O4S. The minimum atomic E-state index is -3.75. The van der Waals surface area contributed by atoms with E-state index in [9.17, 15) is 13.2 Å². The molecule has 0 saturated carbocycles. The molecule has 0 aliphatic carbocycles. The van der Waals surface area contributed by atoms with Crippen LogP contribution in [0.4, 0.5) is 5.69 Å². The SMILES string of the molecule is CCc1cccc(NS(=O)(=O)c2ccc3[nH]c(=O)oc3c2)c1. The third-order valence-corrected chi connectivity index (χ3v) is 4.67. The van der Waals surface area contributed by atoms with Crippen molar-refractivity contribution in [2.45, 2.75) is 18.2 Å². The summed E-state index contributed by atoms with van der Waals surface area (Å²) < 4.78 is 32.2. The number of fused-ring (bicyclic) bond motifs is 1. The zero-order valence-corrected chi connectivity index (χ0v) is 12.6. The second-order valence-corrected chi connectivity index (χ2v) is 6.51. The van der Waals surface area contributed by atoms with Crippen molar-refractivity contribution in [2.24, 2.45) is 0 Å². The van der Waals surface area contributed by atoms with Gasteiger partial charge in [0, 0.05) is 11.8 Å². The van der Waals surface area contributed by atoms with Gasteiger partial charge in [0.2, 0.25) is 0 Å². The number of aromatic amines is 1. The molecule has 0 amide bonds. The lowest BCUT2D eigenvalue weighted by Gasteiger charge is -2.09. The van der Waals surface area contributed by atoms with Crippen molar-refractivity contribution in [3.63, 3.8) is 0 Å². The van der Waals surface area contributed by atoms with Gasteiger partial charge >= 0.3 is 5.76 Å². The molecule has 0 spiro atoms. The van der Waals surface area contributed by atoms with E-state index in [0.29, 0.717) is 11.2 Å². The van der Waals surface area contributed by atoms with Crippen molar-refractivity contribution < 1.29 is 12.8 Å². The van der Waals surface area contributed by atoms with E-state index in [1.54, 1.807) is 18.2 Å². The molecule has 3 rings (SSSR count). The highest BCUT2D eigenvalue weighted by Gasteiger charge is 2.16. The fourth-order valence-electron chi connectivity index (χ4n) is 2.16. The highest BCUT2D eigenvalue weighted by Crippen LogP contribution is 2.20. The summed E-state index contributed by atoms with van der Waals surface area (Å²) in [6.45, 7) is 2.00. The van der Waals surface area contributed by atoms with Crippen molar-refractivity contribution in [2.75, 3.05) is 4.72 Å². The first-order chi connectivity index (χ1) is 10.5. The number of hydrogen-bond acceptors (Lipinski definition) is 4. The number of aryl methyl sites for hydroxylation is 1. The zero-order valence-electron chi connectivity index (χ0n) is 11.8. The van der Waals surface area contributed by atoms with E-state index in [-0.39, 0.29) is 10.5 Å². The van der Waals surface area contributed by atoms with Crippen LogP contribution in [0.2, 0.25) is 0 Å². The summed E-state index contributed by atoms with van der Waals surface area (Å²) in [5.74, 6) is -0.617. The Balaban J connectivity index is 1.98. The molecule has 0 saturated heterocycles. The van der Waals surface area contributed by atoms with Gasteiger partial charge < -0.3 is 4.42 Å². The molecule has 0 aliphatic heterocycles. The zero-order chi connectivity index (χ0) is 15.7. The number of nitrogens with one attached hydrogen (secondary N) is 2. The van der Waals surface area contributed by atoms with Gasteiger partial charge in [-0.3, -0.25) is 9.71 Å². The van der Waals surface area contributed by atoms with Gasteiger partial charge in [0.1, 0.15) is 0 Å². The number of benzene rings is 2. The lowest BCUT2D eigenvalue weighted by atomic mass is 10.1. The van der Waals surface area contributed by atoms with E-state index in [0.717, 1.165) is 12.0 Å². The van der Waals surface area contributed by atoms with Crippen molar-refractivity contribution in [3.8, 4) is 0 Å². The van der Waals surface area contributed by atoms with Crippen LogP contribution in [0, 0.1) is 0 Å². The Morgan fingerprint density at radius 1 is 1.18 bits per heavy atom. The molecular weight excluding hydrogens is 304 g/mol. The quantitative estimate of drug-likeness (QED) is 0.773. The molecule has 0 aliphatic rings. The Bertz CT molecular complexity index is 986. The second-order valence-electron chi connectivity index (χ2n) is 4.83. The minimum absolute atomic E-state index is 0.0321. The van der Waals surface area contributed by atoms with Crippen LogP contribution in [0.3, 0.4) is 0 Å². The summed E-state index contributed by atoms with van der Waals surface area (Å²) in [7, 11) is -3.75. The number of rotatable bonds is 4. The summed E-state index contributed by atoms with van der Waals surface area (Å²) in [5, 5.41) is 0. The van der Waals surface area contributed by atoms with Crippen molar-refractivity contribution >= 4 is 26.8 Å². The molecule has 7 heteroatoms. The predicted molar refractivity (Wildman–Crippen MR) is 83.5 cm³/mol. The smallest absolute Gasteiger partial charge is 0.408 e. The first kappa shape index (κ1) is 14.4. The second kappa shape index (κ2) is 5.34. The predicted octanol–water partition coefficient (Wildman–Crippen LogP) is 2.48. The van der Waals surface area contributed by atoms with Gasteiger partial charge in [-0.2, -0.15) is 0 Å². The number of H-pyrrole nitrogens is 1. The Kier molecular flexibility index (Phi) is 3.50. The number of aromatic nitrogens is 1. The van der Waals surface area contributed by atoms with E-state index in [4.69, 9.17) is 4.42 Å². The summed E-state index contributed by atoms with van der Waals surface area (Å²) in [6.07, 6.45) is 0.816. The molecule has 22 heavy (non-hydrogen) atoms. The van der Waals surface area contributed by atoms with Crippen LogP contribution in [0.15, 0.2) is 56.6 Å². The molecule has 0 fully saturated rings. The van der Waals surface area contributed by atoms with Gasteiger partial charge in [0.25, 0.3) is 10.0 Å². The number of sulfonamides is 1. The first-order valence-electron chi connectivity index (χ1n) is 6.72. The molecule has 114 valence electrons. The molecule has 0 atom stereocenters. The topological polar surface area (TPSA) is 92.2 Å². The molecule has 0 bridgehead atoms. The molecule has 1 aromatic heterocycles. The van der Waals surface area contributed by atoms with Gasteiger partial charge in [0.15, 0.2) is 5.58 Å². The molecule has 2 aromatic carbocycles. The first-order valence-corrected chi connectivity index (χ1v) is 8.21. The molecule has 2 N–H and O–H groups in total. The Morgan fingerprint density at radius 2 is 2.00 bits per heavy atom. The van der Waals surface area contributed by atoms with Gasteiger partial charge in [-0.15, -0.1) is 0 Å². The van der Waals surface area contributed by atoms with E-state index in [2.05, 4.69) is 9.71 Å². The van der Waals surface area contributed by atoms with E-state index >= 15 is 0 Å². The highest BCUT2D eigenvalue weighted by atomic mass is 32.2. The fourth-order valence-corrected chi connectivity index (χ4v) is 3.23. The minimum Gasteiger partial charge on any atom is -0.408 e. The van der Waals surface area contributed by atoms with Crippen LogP contribution < -0.4 is 10.5 Å². The molecule has 0 unspecified atom stereocenters.